The SMILES string of the molecule is CN(CCOc1ccc(Cl)cc1)C(=O)Cc1ccc(Cl)cc1. The highest BCUT2D eigenvalue weighted by Gasteiger charge is 2.09. The zero-order chi connectivity index (χ0) is 15.9. The maximum Gasteiger partial charge on any atom is 0.226 e. The van der Waals surface area contributed by atoms with Gasteiger partial charge >= 0.3 is 0 Å². The highest BCUT2D eigenvalue weighted by Crippen LogP contribution is 2.15. The minimum absolute atomic E-state index is 0.0435. The van der Waals surface area contributed by atoms with E-state index in [9.17, 15) is 4.79 Å². The molecule has 3 nitrogen and oxygen atoms in total. The average molecular weight is 338 g/mol. The molecular formula is C17H17Cl2NO2. The number of hydrogen-bond acceptors (Lipinski definition) is 2. The number of carbonyl (C=O) groups excluding carboxylic acids is 1. The monoisotopic (exact) mass is 337 g/mol. The molecule has 2 aromatic carbocycles. The number of carbonyl (C=O) groups is 1. The summed E-state index contributed by atoms with van der Waals surface area (Å²) >= 11 is 11.6. The molecule has 0 bridgehead atoms. The van der Waals surface area contributed by atoms with Crippen LogP contribution in [0.2, 0.25) is 10.0 Å². The van der Waals surface area contributed by atoms with Crippen LogP contribution < -0.4 is 4.74 Å². The molecule has 0 radical (unpaired) electrons. The van der Waals surface area contributed by atoms with Gasteiger partial charge in [-0.3, -0.25) is 4.79 Å². The van der Waals surface area contributed by atoms with E-state index < -0.39 is 0 Å². The average Bonchev–Trinajstić information content (AvgIpc) is 2.51. The van der Waals surface area contributed by atoms with Crippen molar-refractivity contribution in [3.8, 4) is 5.75 Å². The predicted octanol–water partition coefficient (Wildman–Crippen LogP) is 4.07. The van der Waals surface area contributed by atoms with Gasteiger partial charge in [-0.05, 0) is 42.0 Å². The Morgan fingerprint density at radius 2 is 1.55 bits per heavy atom. The standard InChI is InChI=1S/C17H17Cl2NO2/c1-20(10-11-22-16-8-6-15(19)7-9-16)17(21)12-13-2-4-14(18)5-3-13/h2-9H,10-12H2,1H3. The van der Waals surface area contributed by atoms with E-state index in [4.69, 9.17) is 27.9 Å². The Morgan fingerprint density at radius 1 is 1.00 bits per heavy atom. The summed E-state index contributed by atoms with van der Waals surface area (Å²) < 4.78 is 5.58. The van der Waals surface area contributed by atoms with Gasteiger partial charge in [0.15, 0.2) is 0 Å². The van der Waals surface area contributed by atoms with Crippen LogP contribution in [0.25, 0.3) is 0 Å². The van der Waals surface area contributed by atoms with Gasteiger partial charge in [0, 0.05) is 17.1 Å². The third-order valence-electron chi connectivity index (χ3n) is 3.20. The lowest BCUT2D eigenvalue weighted by Crippen LogP contribution is -2.32. The molecule has 0 heterocycles. The summed E-state index contributed by atoms with van der Waals surface area (Å²) in [5, 5.41) is 1.34. The van der Waals surface area contributed by atoms with Crippen molar-refractivity contribution in [2.75, 3.05) is 20.2 Å². The third kappa shape index (κ3) is 5.24. The van der Waals surface area contributed by atoms with Crippen LogP contribution in [0.3, 0.4) is 0 Å². The predicted molar refractivity (Wildman–Crippen MR) is 89.7 cm³/mol. The number of nitrogens with zero attached hydrogens (tertiary/aromatic N) is 1. The van der Waals surface area contributed by atoms with E-state index in [-0.39, 0.29) is 5.91 Å². The number of rotatable bonds is 6. The first-order valence-corrected chi connectivity index (χ1v) is 7.67. The van der Waals surface area contributed by atoms with Crippen molar-refractivity contribution in [3.63, 3.8) is 0 Å². The topological polar surface area (TPSA) is 29.5 Å². The lowest BCUT2D eigenvalue weighted by atomic mass is 10.1. The van der Waals surface area contributed by atoms with Crippen molar-refractivity contribution in [2.45, 2.75) is 6.42 Å². The first-order chi connectivity index (χ1) is 10.5. The normalized spacial score (nSPS) is 10.3. The molecule has 0 aliphatic carbocycles. The number of halogens is 2. The quantitative estimate of drug-likeness (QED) is 0.795. The molecule has 116 valence electrons. The fraction of sp³-hybridized carbons (Fsp3) is 0.235. The number of amides is 1. The Kier molecular flexibility index (Phi) is 6.10. The molecule has 1 amide bonds. The molecule has 0 saturated heterocycles. The van der Waals surface area contributed by atoms with E-state index in [1.54, 1.807) is 48.3 Å². The molecule has 0 aliphatic rings. The Bertz CT molecular complexity index is 612. The van der Waals surface area contributed by atoms with Gasteiger partial charge in [-0.1, -0.05) is 35.3 Å². The van der Waals surface area contributed by atoms with E-state index >= 15 is 0 Å². The molecule has 0 fully saturated rings. The van der Waals surface area contributed by atoms with Crippen molar-refractivity contribution in [2.24, 2.45) is 0 Å². The van der Waals surface area contributed by atoms with Gasteiger partial charge < -0.3 is 9.64 Å². The largest absolute Gasteiger partial charge is 0.492 e. The van der Waals surface area contributed by atoms with E-state index in [1.165, 1.54) is 0 Å². The van der Waals surface area contributed by atoms with Crippen LogP contribution in [0.15, 0.2) is 48.5 Å². The number of ether oxygens (including phenoxy) is 1. The Hall–Kier alpha value is -1.71. The minimum Gasteiger partial charge on any atom is -0.492 e. The van der Waals surface area contributed by atoms with Crippen molar-refractivity contribution >= 4 is 29.1 Å². The number of likely N-dealkylation sites (N-methyl/N-ethyl adjacent to an activating group) is 1. The third-order valence-corrected chi connectivity index (χ3v) is 3.71. The van der Waals surface area contributed by atoms with Crippen LogP contribution >= 0.6 is 23.2 Å². The zero-order valence-electron chi connectivity index (χ0n) is 12.3. The lowest BCUT2D eigenvalue weighted by molar-refractivity contribution is -0.129. The van der Waals surface area contributed by atoms with E-state index in [0.717, 1.165) is 11.3 Å². The van der Waals surface area contributed by atoms with Crippen LogP contribution in [-0.4, -0.2) is 31.0 Å². The van der Waals surface area contributed by atoms with Crippen molar-refractivity contribution in [3.05, 3.63) is 64.1 Å². The fourth-order valence-electron chi connectivity index (χ4n) is 1.87. The highest BCUT2D eigenvalue weighted by atomic mass is 35.5. The molecule has 5 heteroatoms. The first-order valence-electron chi connectivity index (χ1n) is 6.91. The first kappa shape index (κ1) is 16.7. The smallest absolute Gasteiger partial charge is 0.226 e. The second-order valence-corrected chi connectivity index (χ2v) is 5.79. The summed E-state index contributed by atoms with van der Waals surface area (Å²) in [6.07, 6.45) is 0.356. The summed E-state index contributed by atoms with van der Waals surface area (Å²) in [4.78, 5) is 13.8. The van der Waals surface area contributed by atoms with Crippen LogP contribution in [0.1, 0.15) is 5.56 Å². The molecule has 22 heavy (non-hydrogen) atoms. The van der Waals surface area contributed by atoms with Gasteiger partial charge in [0.2, 0.25) is 5.91 Å². The van der Waals surface area contributed by atoms with Gasteiger partial charge in [0.25, 0.3) is 0 Å². The molecule has 0 atom stereocenters. The lowest BCUT2D eigenvalue weighted by Gasteiger charge is -2.17. The molecule has 2 rings (SSSR count). The Balaban J connectivity index is 1.76. The summed E-state index contributed by atoms with van der Waals surface area (Å²) in [5.41, 5.74) is 0.944. The van der Waals surface area contributed by atoms with Gasteiger partial charge in [-0.2, -0.15) is 0 Å². The van der Waals surface area contributed by atoms with Crippen molar-refractivity contribution < 1.29 is 9.53 Å². The molecule has 0 saturated carbocycles. The van der Waals surface area contributed by atoms with Gasteiger partial charge in [0.1, 0.15) is 12.4 Å². The van der Waals surface area contributed by atoms with Crippen molar-refractivity contribution in [1.82, 2.24) is 4.90 Å². The summed E-state index contributed by atoms with van der Waals surface area (Å²) in [5.74, 6) is 0.782. The van der Waals surface area contributed by atoms with Crippen LogP contribution in [-0.2, 0) is 11.2 Å². The van der Waals surface area contributed by atoms with Crippen LogP contribution in [0.4, 0.5) is 0 Å². The van der Waals surface area contributed by atoms with E-state index in [2.05, 4.69) is 0 Å². The maximum atomic E-state index is 12.1. The molecule has 0 aromatic heterocycles. The van der Waals surface area contributed by atoms with E-state index in [0.29, 0.717) is 29.6 Å². The van der Waals surface area contributed by atoms with Gasteiger partial charge in [-0.15, -0.1) is 0 Å². The Labute approximate surface area is 140 Å². The number of benzene rings is 2. The second kappa shape index (κ2) is 8.06. The summed E-state index contributed by atoms with van der Waals surface area (Å²) in [7, 11) is 1.77. The van der Waals surface area contributed by atoms with Crippen LogP contribution in [0.5, 0.6) is 5.75 Å². The van der Waals surface area contributed by atoms with Gasteiger partial charge in [0.05, 0.1) is 13.0 Å². The molecule has 0 spiro atoms. The number of hydrogen-bond donors (Lipinski definition) is 0. The Morgan fingerprint density at radius 3 is 2.14 bits per heavy atom. The maximum absolute atomic E-state index is 12.1. The zero-order valence-corrected chi connectivity index (χ0v) is 13.8. The fourth-order valence-corrected chi connectivity index (χ4v) is 2.12. The van der Waals surface area contributed by atoms with E-state index in [1.807, 2.05) is 12.1 Å². The second-order valence-electron chi connectivity index (χ2n) is 4.92. The molecule has 0 unspecified atom stereocenters. The molecule has 0 N–H and O–H groups in total. The molecular weight excluding hydrogens is 321 g/mol. The molecule has 0 aliphatic heterocycles. The van der Waals surface area contributed by atoms with Gasteiger partial charge in [-0.25, -0.2) is 0 Å². The van der Waals surface area contributed by atoms with Crippen LogP contribution in [0, 0.1) is 0 Å². The minimum atomic E-state index is 0.0435. The summed E-state index contributed by atoms with van der Waals surface area (Å²) in [6, 6.07) is 14.4. The highest BCUT2D eigenvalue weighted by molar-refractivity contribution is 6.30. The molecule has 2 aromatic rings. The van der Waals surface area contributed by atoms with Crippen molar-refractivity contribution in [1.29, 1.82) is 0 Å². The summed E-state index contributed by atoms with van der Waals surface area (Å²) in [6.45, 7) is 0.958.